The lowest BCUT2D eigenvalue weighted by Crippen LogP contribution is -2.35. The van der Waals surface area contributed by atoms with E-state index in [1.54, 1.807) is 24.2 Å². The Kier molecular flexibility index (Phi) is 4.32. The van der Waals surface area contributed by atoms with Crippen LogP contribution in [0.4, 0.5) is 5.95 Å². The molecule has 6 nitrogen and oxygen atoms in total. The second kappa shape index (κ2) is 6.21. The summed E-state index contributed by atoms with van der Waals surface area (Å²) >= 11 is 7.57. The molecule has 112 valence electrons. The molecule has 1 aliphatic rings. The van der Waals surface area contributed by atoms with E-state index in [2.05, 4.69) is 30.8 Å². The molecule has 1 saturated heterocycles. The van der Waals surface area contributed by atoms with Gasteiger partial charge in [0.15, 0.2) is 0 Å². The van der Waals surface area contributed by atoms with Crippen LogP contribution in [-0.2, 0) is 0 Å². The van der Waals surface area contributed by atoms with Gasteiger partial charge in [0, 0.05) is 30.7 Å². The van der Waals surface area contributed by atoms with E-state index in [0.29, 0.717) is 17.6 Å². The van der Waals surface area contributed by atoms with Crippen LogP contribution in [0, 0.1) is 0 Å². The maximum atomic E-state index is 11.5. The van der Waals surface area contributed by atoms with Crippen molar-refractivity contribution in [3.8, 4) is 0 Å². The van der Waals surface area contributed by atoms with Crippen molar-refractivity contribution in [3.63, 3.8) is 0 Å². The number of aromatic nitrogens is 3. The molecule has 2 aromatic rings. The molecule has 2 aromatic heterocycles. The Balaban J connectivity index is 1.76. The molecular formula is C13H16ClN5OS. The van der Waals surface area contributed by atoms with E-state index in [1.165, 1.54) is 0 Å². The van der Waals surface area contributed by atoms with Crippen molar-refractivity contribution in [3.05, 3.63) is 27.6 Å². The maximum absolute atomic E-state index is 11.5. The largest absolute Gasteiger partial charge is 0.351 e. The quantitative estimate of drug-likeness (QED) is 0.842. The van der Waals surface area contributed by atoms with Crippen molar-refractivity contribution in [1.82, 2.24) is 19.3 Å². The van der Waals surface area contributed by atoms with Gasteiger partial charge in [-0.2, -0.15) is 4.98 Å². The van der Waals surface area contributed by atoms with Gasteiger partial charge in [-0.25, -0.2) is 4.98 Å². The van der Waals surface area contributed by atoms with Gasteiger partial charge in [0.25, 0.3) is 5.56 Å². The second-order valence-corrected chi connectivity index (χ2v) is 6.26. The summed E-state index contributed by atoms with van der Waals surface area (Å²) in [7, 11) is 0. The number of piperidine rings is 1. The van der Waals surface area contributed by atoms with Gasteiger partial charge in [-0.15, -0.1) is 0 Å². The molecule has 0 amide bonds. The van der Waals surface area contributed by atoms with Crippen molar-refractivity contribution < 1.29 is 0 Å². The molecule has 2 N–H and O–H groups in total. The van der Waals surface area contributed by atoms with Crippen LogP contribution in [0.15, 0.2) is 17.1 Å². The molecule has 0 radical (unpaired) electrons. The number of halogens is 1. The molecule has 0 unspecified atom stereocenters. The third-order valence-corrected chi connectivity index (χ3v) is 4.76. The standard InChI is InChI=1S/C13H16ClN5OS/c1-21-19-4-2-9(3-5-19)16-13-15-7-8-6-10(14)12(20)17-11(8)18-13/h6-7,9H,2-5H2,1H3,(H2,15,16,17,18,20). The first-order chi connectivity index (χ1) is 10.2. The normalized spacial score (nSPS) is 17.2. The SMILES string of the molecule is CSN1CCC(Nc2ncc3cc(Cl)c(=O)[nH]c3n2)CC1. The van der Waals surface area contributed by atoms with Gasteiger partial charge in [0.2, 0.25) is 5.95 Å². The summed E-state index contributed by atoms with van der Waals surface area (Å²) in [6.07, 6.45) is 5.88. The molecular weight excluding hydrogens is 310 g/mol. The van der Waals surface area contributed by atoms with Crippen LogP contribution >= 0.6 is 23.5 Å². The minimum absolute atomic E-state index is 0.149. The first kappa shape index (κ1) is 14.6. The van der Waals surface area contributed by atoms with E-state index in [0.717, 1.165) is 31.3 Å². The summed E-state index contributed by atoms with van der Waals surface area (Å²) < 4.78 is 2.35. The monoisotopic (exact) mass is 325 g/mol. The minimum atomic E-state index is -0.331. The van der Waals surface area contributed by atoms with Gasteiger partial charge in [-0.05, 0) is 25.2 Å². The van der Waals surface area contributed by atoms with Crippen LogP contribution in [0.1, 0.15) is 12.8 Å². The number of H-pyrrole nitrogens is 1. The molecule has 1 aliphatic heterocycles. The van der Waals surface area contributed by atoms with Gasteiger partial charge in [0.1, 0.15) is 10.7 Å². The lowest BCUT2D eigenvalue weighted by Gasteiger charge is -2.30. The van der Waals surface area contributed by atoms with Gasteiger partial charge in [0.05, 0.1) is 0 Å². The number of hydrogen-bond donors (Lipinski definition) is 2. The van der Waals surface area contributed by atoms with Crippen LogP contribution in [0.2, 0.25) is 5.02 Å². The molecule has 21 heavy (non-hydrogen) atoms. The summed E-state index contributed by atoms with van der Waals surface area (Å²) in [5.74, 6) is 0.545. The summed E-state index contributed by atoms with van der Waals surface area (Å²) in [4.78, 5) is 22.8. The van der Waals surface area contributed by atoms with E-state index in [-0.39, 0.29) is 10.6 Å². The topological polar surface area (TPSA) is 73.9 Å². The third kappa shape index (κ3) is 3.30. The second-order valence-electron chi connectivity index (χ2n) is 4.97. The minimum Gasteiger partial charge on any atom is -0.351 e. The highest BCUT2D eigenvalue weighted by Crippen LogP contribution is 2.19. The lowest BCUT2D eigenvalue weighted by atomic mass is 10.1. The Hall–Kier alpha value is -1.31. The highest BCUT2D eigenvalue weighted by atomic mass is 35.5. The van der Waals surface area contributed by atoms with Gasteiger partial charge < -0.3 is 10.3 Å². The first-order valence-electron chi connectivity index (χ1n) is 6.77. The van der Waals surface area contributed by atoms with Crippen molar-refractivity contribution >= 4 is 40.5 Å². The fourth-order valence-electron chi connectivity index (χ4n) is 2.40. The highest BCUT2D eigenvalue weighted by Gasteiger charge is 2.19. The van der Waals surface area contributed by atoms with Crippen LogP contribution in [0.3, 0.4) is 0 Å². The summed E-state index contributed by atoms with van der Waals surface area (Å²) in [5, 5.41) is 4.21. The first-order valence-corrected chi connectivity index (χ1v) is 8.33. The molecule has 0 saturated carbocycles. The highest BCUT2D eigenvalue weighted by molar-refractivity contribution is 7.96. The Morgan fingerprint density at radius 2 is 2.24 bits per heavy atom. The summed E-state index contributed by atoms with van der Waals surface area (Å²) in [6, 6.07) is 1.95. The molecule has 0 spiro atoms. The van der Waals surface area contributed by atoms with E-state index >= 15 is 0 Å². The molecule has 3 rings (SSSR count). The average molecular weight is 326 g/mol. The number of aromatic amines is 1. The fraction of sp³-hybridized carbons (Fsp3) is 0.462. The number of pyridine rings is 1. The smallest absolute Gasteiger partial charge is 0.268 e. The van der Waals surface area contributed by atoms with E-state index in [9.17, 15) is 4.79 Å². The van der Waals surface area contributed by atoms with E-state index in [1.807, 2.05) is 0 Å². The number of nitrogens with zero attached hydrogens (tertiary/aromatic N) is 3. The maximum Gasteiger partial charge on any atom is 0.268 e. The Labute approximate surface area is 131 Å². The van der Waals surface area contributed by atoms with Gasteiger partial charge in [-0.1, -0.05) is 23.5 Å². The third-order valence-electron chi connectivity index (χ3n) is 3.59. The number of anilines is 1. The molecule has 0 aliphatic carbocycles. The predicted molar refractivity (Wildman–Crippen MR) is 86.9 cm³/mol. The molecule has 0 bridgehead atoms. The van der Waals surface area contributed by atoms with Crippen LogP contribution in [0.25, 0.3) is 11.0 Å². The average Bonchev–Trinajstić information content (AvgIpc) is 2.49. The van der Waals surface area contributed by atoms with E-state index < -0.39 is 0 Å². The Morgan fingerprint density at radius 3 is 2.95 bits per heavy atom. The number of nitrogens with one attached hydrogen (secondary N) is 2. The van der Waals surface area contributed by atoms with Crippen molar-refractivity contribution in [2.75, 3.05) is 24.7 Å². The molecule has 8 heteroatoms. The zero-order chi connectivity index (χ0) is 14.8. The van der Waals surface area contributed by atoms with E-state index in [4.69, 9.17) is 11.6 Å². The molecule has 0 aromatic carbocycles. The van der Waals surface area contributed by atoms with Gasteiger partial charge >= 0.3 is 0 Å². The zero-order valence-electron chi connectivity index (χ0n) is 11.6. The van der Waals surface area contributed by atoms with Crippen molar-refractivity contribution in [2.24, 2.45) is 0 Å². The molecule has 0 atom stereocenters. The Morgan fingerprint density at radius 1 is 1.48 bits per heavy atom. The van der Waals surface area contributed by atoms with Crippen molar-refractivity contribution in [2.45, 2.75) is 18.9 Å². The number of fused-ring (bicyclic) bond motifs is 1. The molecule has 3 heterocycles. The van der Waals surface area contributed by atoms with Crippen LogP contribution in [-0.4, -0.2) is 44.6 Å². The fourth-order valence-corrected chi connectivity index (χ4v) is 3.14. The number of hydrogen-bond acceptors (Lipinski definition) is 6. The van der Waals surface area contributed by atoms with Crippen molar-refractivity contribution in [1.29, 1.82) is 0 Å². The summed E-state index contributed by atoms with van der Waals surface area (Å²) in [6.45, 7) is 2.11. The van der Waals surface area contributed by atoms with Gasteiger partial charge in [-0.3, -0.25) is 9.10 Å². The van der Waals surface area contributed by atoms with Crippen LogP contribution < -0.4 is 10.9 Å². The van der Waals surface area contributed by atoms with Crippen LogP contribution in [0.5, 0.6) is 0 Å². The predicted octanol–water partition coefficient (Wildman–Crippen LogP) is 2.13. The molecule has 1 fully saturated rings. The number of rotatable bonds is 3. The lowest BCUT2D eigenvalue weighted by molar-refractivity contribution is 0.358. The summed E-state index contributed by atoms with van der Waals surface area (Å²) in [5.41, 5.74) is 0.172. The Bertz CT molecular complexity index is 699. The zero-order valence-corrected chi connectivity index (χ0v) is 13.2.